The third kappa shape index (κ3) is 3.21. The van der Waals surface area contributed by atoms with Crippen LogP contribution in [0.2, 0.25) is 0 Å². The fourth-order valence-electron chi connectivity index (χ4n) is 3.25. The standard InChI is InChI=1S/C20H17N3O3S/c1-11-8-12(2)18-15(9-11)21-20(27-18)22-19(26)13-4-3-5-14(10-13)23-16(24)6-7-17(23)25/h3-5,8-10H,6-7H2,1-2H3,(H,21,22,26). The summed E-state index contributed by atoms with van der Waals surface area (Å²) in [6, 6.07) is 10.6. The van der Waals surface area contributed by atoms with Crippen molar-refractivity contribution in [2.24, 2.45) is 0 Å². The summed E-state index contributed by atoms with van der Waals surface area (Å²) in [4.78, 5) is 42.1. The van der Waals surface area contributed by atoms with E-state index >= 15 is 0 Å². The highest BCUT2D eigenvalue weighted by molar-refractivity contribution is 7.22. The molecule has 0 spiro atoms. The number of thiazole rings is 1. The van der Waals surface area contributed by atoms with Gasteiger partial charge in [-0.3, -0.25) is 24.6 Å². The third-order valence-electron chi connectivity index (χ3n) is 4.46. The van der Waals surface area contributed by atoms with E-state index in [4.69, 9.17) is 0 Å². The quantitative estimate of drug-likeness (QED) is 0.702. The molecule has 7 heteroatoms. The van der Waals surface area contributed by atoms with Gasteiger partial charge < -0.3 is 0 Å². The molecule has 2 heterocycles. The Morgan fingerprint density at radius 3 is 2.59 bits per heavy atom. The highest BCUT2D eigenvalue weighted by Gasteiger charge is 2.30. The Kier molecular flexibility index (Phi) is 4.24. The van der Waals surface area contributed by atoms with E-state index in [1.54, 1.807) is 24.3 Å². The Bertz CT molecular complexity index is 1090. The lowest BCUT2D eigenvalue weighted by Crippen LogP contribution is -2.28. The lowest BCUT2D eigenvalue weighted by Gasteiger charge is -2.14. The van der Waals surface area contributed by atoms with Crippen LogP contribution in [0.5, 0.6) is 0 Å². The highest BCUT2D eigenvalue weighted by Crippen LogP contribution is 2.30. The zero-order valence-corrected chi connectivity index (χ0v) is 15.7. The molecule has 0 unspecified atom stereocenters. The molecule has 1 aromatic heterocycles. The summed E-state index contributed by atoms with van der Waals surface area (Å²) in [7, 11) is 0. The zero-order chi connectivity index (χ0) is 19.1. The molecule has 0 radical (unpaired) electrons. The number of nitrogens with one attached hydrogen (secondary N) is 1. The molecule has 3 aromatic rings. The molecule has 0 bridgehead atoms. The average molecular weight is 379 g/mol. The van der Waals surface area contributed by atoms with Gasteiger partial charge in [0.25, 0.3) is 5.91 Å². The van der Waals surface area contributed by atoms with Gasteiger partial charge in [0.1, 0.15) is 0 Å². The van der Waals surface area contributed by atoms with Crippen LogP contribution >= 0.6 is 11.3 Å². The number of anilines is 2. The molecule has 0 aliphatic carbocycles. The van der Waals surface area contributed by atoms with Crippen molar-refractivity contribution in [3.8, 4) is 0 Å². The minimum Gasteiger partial charge on any atom is -0.298 e. The largest absolute Gasteiger partial charge is 0.298 e. The van der Waals surface area contributed by atoms with E-state index in [9.17, 15) is 14.4 Å². The predicted octanol–water partition coefficient (Wildman–Crippen LogP) is 3.82. The predicted molar refractivity (Wildman–Crippen MR) is 105 cm³/mol. The third-order valence-corrected chi connectivity index (χ3v) is 5.58. The second kappa shape index (κ2) is 6.59. The van der Waals surface area contributed by atoms with Gasteiger partial charge in [0.2, 0.25) is 11.8 Å². The molecule has 136 valence electrons. The lowest BCUT2D eigenvalue weighted by molar-refractivity contribution is -0.121. The lowest BCUT2D eigenvalue weighted by atomic mass is 10.1. The molecule has 1 aliphatic heterocycles. The van der Waals surface area contributed by atoms with Gasteiger partial charge in [-0.25, -0.2) is 4.98 Å². The Balaban J connectivity index is 1.60. The molecule has 1 aliphatic rings. The first-order valence-electron chi connectivity index (χ1n) is 8.57. The van der Waals surface area contributed by atoms with Crippen molar-refractivity contribution in [1.29, 1.82) is 0 Å². The second-order valence-corrected chi connectivity index (χ2v) is 7.58. The van der Waals surface area contributed by atoms with Gasteiger partial charge >= 0.3 is 0 Å². The Labute approximate surface area is 159 Å². The number of aryl methyl sites for hydroxylation is 2. The van der Waals surface area contributed by atoms with E-state index in [0.29, 0.717) is 16.4 Å². The smallest absolute Gasteiger partial charge is 0.257 e. The monoisotopic (exact) mass is 379 g/mol. The number of carbonyl (C=O) groups is 3. The van der Waals surface area contributed by atoms with Gasteiger partial charge in [-0.2, -0.15) is 0 Å². The van der Waals surface area contributed by atoms with Crippen LogP contribution in [0.15, 0.2) is 36.4 Å². The Hall–Kier alpha value is -3.06. The number of amides is 3. The number of hydrogen-bond donors (Lipinski definition) is 1. The molecule has 1 fully saturated rings. The summed E-state index contributed by atoms with van der Waals surface area (Å²) >= 11 is 1.42. The fraction of sp³-hybridized carbons (Fsp3) is 0.200. The molecule has 0 saturated carbocycles. The Morgan fingerprint density at radius 2 is 1.85 bits per heavy atom. The number of rotatable bonds is 3. The number of aromatic nitrogens is 1. The number of fused-ring (bicyclic) bond motifs is 1. The molecule has 1 N–H and O–H groups in total. The van der Waals surface area contributed by atoms with Crippen LogP contribution < -0.4 is 10.2 Å². The maximum atomic E-state index is 12.6. The Morgan fingerprint density at radius 1 is 1.11 bits per heavy atom. The number of imide groups is 1. The average Bonchev–Trinajstić information content (AvgIpc) is 3.17. The number of benzene rings is 2. The van der Waals surface area contributed by atoms with E-state index in [1.165, 1.54) is 11.3 Å². The van der Waals surface area contributed by atoms with E-state index in [1.807, 2.05) is 19.9 Å². The summed E-state index contributed by atoms with van der Waals surface area (Å²) in [6.07, 6.45) is 0.416. The fourth-order valence-corrected chi connectivity index (χ4v) is 4.16. The molecule has 2 aromatic carbocycles. The van der Waals surface area contributed by atoms with Gasteiger partial charge in [-0.05, 0) is 49.2 Å². The van der Waals surface area contributed by atoms with Crippen LogP contribution in [-0.4, -0.2) is 22.7 Å². The normalized spacial score (nSPS) is 14.2. The summed E-state index contributed by atoms with van der Waals surface area (Å²) in [5.41, 5.74) is 3.89. The minimum atomic E-state index is -0.329. The van der Waals surface area contributed by atoms with Crippen LogP contribution in [0.25, 0.3) is 10.2 Å². The van der Waals surface area contributed by atoms with Crippen molar-refractivity contribution >= 4 is 50.1 Å². The van der Waals surface area contributed by atoms with Crippen molar-refractivity contribution in [3.63, 3.8) is 0 Å². The number of carbonyl (C=O) groups excluding carboxylic acids is 3. The van der Waals surface area contributed by atoms with E-state index < -0.39 is 0 Å². The summed E-state index contributed by atoms with van der Waals surface area (Å²) in [5, 5.41) is 3.33. The van der Waals surface area contributed by atoms with Crippen molar-refractivity contribution in [2.45, 2.75) is 26.7 Å². The maximum absolute atomic E-state index is 12.6. The van der Waals surface area contributed by atoms with Gasteiger partial charge in [0.05, 0.1) is 15.9 Å². The summed E-state index contributed by atoms with van der Waals surface area (Å²) in [6.45, 7) is 4.03. The molecule has 4 rings (SSSR count). The molecule has 3 amide bonds. The maximum Gasteiger partial charge on any atom is 0.257 e. The van der Waals surface area contributed by atoms with Crippen LogP contribution in [0, 0.1) is 13.8 Å². The first-order valence-corrected chi connectivity index (χ1v) is 9.39. The van der Waals surface area contributed by atoms with Gasteiger partial charge in [-0.15, -0.1) is 0 Å². The number of hydrogen-bond acceptors (Lipinski definition) is 5. The molecular weight excluding hydrogens is 362 g/mol. The molecular formula is C20H17N3O3S. The van der Waals surface area contributed by atoms with Crippen molar-refractivity contribution in [1.82, 2.24) is 4.98 Å². The first kappa shape index (κ1) is 17.4. The van der Waals surface area contributed by atoms with Crippen molar-refractivity contribution in [2.75, 3.05) is 10.2 Å². The molecule has 27 heavy (non-hydrogen) atoms. The molecule has 1 saturated heterocycles. The summed E-state index contributed by atoms with van der Waals surface area (Å²) < 4.78 is 1.04. The van der Waals surface area contributed by atoms with Crippen molar-refractivity contribution in [3.05, 3.63) is 53.1 Å². The van der Waals surface area contributed by atoms with E-state index in [2.05, 4.69) is 16.4 Å². The van der Waals surface area contributed by atoms with Crippen LogP contribution in [-0.2, 0) is 9.59 Å². The topological polar surface area (TPSA) is 79.4 Å². The zero-order valence-electron chi connectivity index (χ0n) is 14.9. The first-order chi connectivity index (χ1) is 12.9. The van der Waals surface area contributed by atoms with Crippen LogP contribution in [0.3, 0.4) is 0 Å². The molecule has 0 atom stereocenters. The molecule has 6 nitrogen and oxygen atoms in total. The highest BCUT2D eigenvalue weighted by atomic mass is 32.1. The summed E-state index contributed by atoms with van der Waals surface area (Å²) in [5.74, 6) is -0.812. The van der Waals surface area contributed by atoms with Crippen molar-refractivity contribution < 1.29 is 14.4 Å². The van der Waals surface area contributed by atoms with Crippen LogP contribution in [0.4, 0.5) is 10.8 Å². The van der Waals surface area contributed by atoms with E-state index in [-0.39, 0.29) is 30.6 Å². The van der Waals surface area contributed by atoms with Gasteiger partial charge in [0, 0.05) is 18.4 Å². The van der Waals surface area contributed by atoms with Gasteiger partial charge in [-0.1, -0.05) is 23.5 Å². The van der Waals surface area contributed by atoms with Crippen LogP contribution in [0.1, 0.15) is 34.3 Å². The number of nitrogens with zero attached hydrogens (tertiary/aromatic N) is 2. The second-order valence-electron chi connectivity index (χ2n) is 6.58. The van der Waals surface area contributed by atoms with E-state index in [0.717, 1.165) is 26.2 Å². The van der Waals surface area contributed by atoms with Gasteiger partial charge in [0.15, 0.2) is 5.13 Å². The SMILES string of the molecule is Cc1cc(C)c2sc(NC(=O)c3cccc(N4C(=O)CCC4=O)c3)nc2c1. The minimum absolute atomic E-state index is 0.208.